The van der Waals surface area contributed by atoms with Crippen LogP contribution in [0.3, 0.4) is 0 Å². The number of nitrogens with one attached hydrogen (secondary N) is 1. The highest BCUT2D eigenvalue weighted by atomic mass is 16.3. The average Bonchev–Trinajstić information content (AvgIpc) is 2.57. The van der Waals surface area contributed by atoms with Gasteiger partial charge in [0.15, 0.2) is 0 Å². The van der Waals surface area contributed by atoms with Crippen LogP contribution >= 0.6 is 0 Å². The maximum absolute atomic E-state index is 5.69. The predicted molar refractivity (Wildman–Crippen MR) is 79.4 cm³/mol. The number of nitrogens with zero attached hydrogens (tertiary/aromatic N) is 1. The van der Waals surface area contributed by atoms with Gasteiger partial charge in [0, 0.05) is 30.7 Å². The third-order valence-corrected chi connectivity index (χ3v) is 4.34. The summed E-state index contributed by atoms with van der Waals surface area (Å²) < 4.78 is 5.69. The molecule has 108 valence electrons. The zero-order valence-electron chi connectivity index (χ0n) is 13.0. The van der Waals surface area contributed by atoms with E-state index in [4.69, 9.17) is 4.42 Å². The molecule has 1 saturated heterocycles. The second kappa shape index (κ2) is 6.10. The number of rotatable bonds is 3. The Morgan fingerprint density at radius 2 is 2.05 bits per heavy atom. The smallest absolute Gasteiger partial charge is 0.105 e. The Morgan fingerprint density at radius 1 is 1.32 bits per heavy atom. The number of aryl methyl sites for hydroxylation is 2. The zero-order chi connectivity index (χ0) is 14.0. The van der Waals surface area contributed by atoms with Crippen LogP contribution in [0, 0.1) is 19.8 Å². The fourth-order valence-corrected chi connectivity index (χ4v) is 3.04. The summed E-state index contributed by atoms with van der Waals surface area (Å²) >= 11 is 0. The third kappa shape index (κ3) is 3.40. The molecule has 3 heteroatoms. The first-order chi connectivity index (χ1) is 8.99. The van der Waals surface area contributed by atoms with E-state index in [1.807, 2.05) is 6.92 Å². The molecule has 1 aromatic heterocycles. The van der Waals surface area contributed by atoms with Gasteiger partial charge < -0.3 is 9.73 Å². The molecule has 1 aliphatic heterocycles. The molecule has 1 aromatic rings. The first-order valence-corrected chi connectivity index (χ1v) is 7.53. The lowest BCUT2D eigenvalue weighted by Crippen LogP contribution is -2.42. The van der Waals surface area contributed by atoms with E-state index in [1.165, 1.54) is 18.5 Å². The number of hydrogen-bond donors (Lipinski definition) is 1. The van der Waals surface area contributed by atoms with E-state index < -0.39 is 0 Å². The fourth-order valence-electron chi connectivity index (χ4n) is 3.04. The monoisotopic (exact) mass is 264 g/mol. The summed E-state index contributed by atoms with van der Waals surface area (Å²) in [6, 6.07) is 3.24. The van der Waals surface area contributed by atoms with Gasteiger partial charge in [0.1, 0.15) is 11.5 Å². The maximum Gasteiger partial charge on any atom is 0.105 e. The SMILES string of the molecule is Cc1cc(C(C)N2CCCNC(C(C)C)C2)c(C)o1. The molecule has 1 N–H and O–H groups in total. The van der Waals surface area contributed by atoms with Crippen molar-refractivity contribution in [2.75, 3.05) is 19.6 Å². The summed E-state index contributed by atoms with van der Waals surface area (Å²) in [6.45, 7) is 14.5. The van der Waals surface area contributed by atoms with Crippen molar-refractivity contribution in [1.82, 2.24) is 10.2 Å². The molecule has 1 aliphatic rings. The van der Waals surface area contributed by atoms with Crippen LogP contribution in [0.25, 0.3) is 0 Å². The lowest BCUT2D eigenvalue weighted by Gasteiger charge is -2.31. The highest BCUT2D eigenvalue weighted by Gasteiger charge is 2.25. The van der Waals surface area contributed by atoms with E-state index in [0.29, 0.717) is 18.0 Å². The van der Waals surface area contributed by atoms with Gasteiger partial charge in [0.25, 0.3) is 0 Å². The van der Waals surface area contributed by atoms with E-state index in [0.717, 1.165) is 24.6 Å². The molecule has 0 radical (unpaired) electrons. The normalized spacial score (nSPS) is 23.6. The highest BCUT2D eigenvalue weighted by molar-refractivity contribution is 5.23. The molecular weight excluding hydrogens is 236 g/mol. The van der Waals surface area contributed by atoms with Crippen molar-refractivity contribution in [2.45, 2.75) is 53.1 Å². The Kier molecular flexibility index (Phi) is 4.69. The quantitative estimate of drug-likeness (QED) is 0.908. The van der Waals surface area contributed by atoms with Crippen molar-refractivity contribution in [1.29, 1.82) is 0 Å². The molecule has 2 heterocycles. The Hall–Kier alpha value is -0.800. The minimum Gasteiger partial charge on any atom is -0.466 e. The van der Waals surface area contributed by atoms with Crippen molar-refractivity contribution in [3.8, 4) is 0 Å². The van der Waals surface area contributed by atoms with Crippen LogP contribution in [0.15, 0.2) is 10.5 Å². The predicted octanol–water partition coefficient (Wildman–Crippen LogP) is 3.28. The summed E-state index contributed by atoms with van der Waals surface area (Å²) in [4.78, 5) is 2.60. The minimum atomic E-state index is 0.443. The summed E-state index contributed by atoms with van der Waals surface area (Å²) in [5.74, 6) is 2.77. The van der Waals surface area contributed by atoms with Gasteiger partial charge in [-0.05, 0) is 45.7 Å². The van der Waals surface area contributed by atoms with Crippen molar-refractivity contribution in [3.05, 3.63) is 23.2 Å². The van der Waals surface area contributed by atoms with Gasteiger partial charge in [-0.15, -0.1) is 0 Å². The van der Waals surface area contributed by atoms with Crippen LogP contribution in [0.1, 0.15) is 50.3 Å². The molecular formula is C16H28N2O. The Morgan fingerprint density at radius 3 is 2.63 bits per heavy atom. The Bertz CT molecular complexity index is 411. The van der Waals surface area contributed by atoms with Gasteiger partial charge in [-0.3, -0.25) is 4.90 Å². The van der Waals surface area contributed by atoms with Gasteiger partial charge in [0.05, 0.1) is 0 Å². The van der Waals surface area contributed by atoms with E-state index in [2.05, 4.69) is 44.0 Å². The molecule has 0 spiro atoms. The lowest BCUT2D eigenvalue weighted by atomic mass is 10.0. The molecule has 1 fully saturated rings. The van der Waals surface area contributed by atoms with Crippen molar-refractivity contribution in [2.24, 2.45) is 5.92 Å². The molecule has 2 rings (SSSR count). The topological polar surface area (TPSA) is 28.4 Å². The Labute approximate surface area is 117 Å². The van der Waals surface area contributed by atoms with Crippen LogP contribution in [0.2, 0.25) is 0 Å². The van der Waals surface area contributed by atoms with E-state index in [9.17, 15) is 0 Å². The molecule has 2 unspecified atom stereocenters. The van der Waals surface area contributed by atoms with Crippen LogP contribution in [0.5, 0.6) is 0 Å². The van der Waals surface area contributed by atoms with Crippen LogP contribution in [-0.4, -0.2) is 30.6 Å². The molecule has 0 aromatic carbocycles. The van der Waals surface area contributed by atoms with E-state index in [-0.39, 0.29) is 0 Å². The largest absolute Gasteiger partial charge is 0.466 e. The van der Waals surface area contributed by atoms with Gasteiger partial charge in [-0.25, -0.2) is 0 Å². The summed E-state index contributed by atoms with van der Waals surface area (Å²) in [6.07, 6.45) is 1.23. The van der Waals surface area contributed by atoms with Crippen molar-refractivity contribution < 1.29 is 4.42 Å². The first-order valence-electron chi connectivity index (χ1n) is 7.53. The standard InChI is InChI=1S/C16H28N2O/c1-11(2)16-10-18(8-6-7-17-16)13(4)15-9-12(3)19-14(15)5/h9,11,13,16-17H,6-8,10H2,1-5H3. The Balaban J connectivity index is 2.12. The van der Waals surface area contributed by atoms with Gasteiger partial charge in [-0.2, -0.15) is 0 Å². The second-order valence-electron chi connectivity index (χ2n) is 6.20. The van der Waals surface area contributed by atoms with E-state index in [1.54, 1.807) is 0 Å². The fraction of sp³-hybridized carbons (Fsp3) is 0.750. The molecule has 0 amide bonds. The van der Waals surface area contributed by atoms with Gasteiger partial charge in [-0.1, -0.05) is 13.8 Å². The minimum absolute atomic E-state index is 0.443. The first kappa shape index (κ1) is 14.6. The maximum atomic E-state index is 5.69. The number of furan rings is 1. The second-order valence-corrected chi connectivity index (χ2v) is 6.20. The summed E-state index contributed by atoms with van der Waals surface area (Å²) in [7, 11) is 0. The average molecular weight is 264 g/mol. The highest BCUT2D eigenvalue weighted by Crippen LogP contribution is 2.27. The molecule has 2 atom stereocenters. The molecule has 19 heavy (non-hydrogen) atoms. The van der Waals surface area contributed by atoms with Gasteiger partial charge >= 0.3 is 0 Å². The van der Waals surface area contributed by atoms with Crippen LogP contribution in [-0.2, 0) is 0 Å². The molecule has 0 saturated carbocycles. The zero-order valence-corrected chi connectivity index (χ0v) is 13.0. The van der Waals surface area contributed by atoms with Crippen LogP contribution in [0.4, 0.5) is 0 Å². The summed E-state index contributed by atoms with van der Waals surface area (Å²) in [5, 5.41) is 3.67. The molecule has 0 aliphatic carbocycles. The van der Waals surface area contributed by atoms with Crippen molar-refractivity contribution >= 4 is 0 Å². The third-order valence-electron chi connectivity index (χ3n) is 4.34. The van der Waals surface area contributed by atoms with Gasteiger partial charge in [0.2, 0.25) is 0 Å². The number of hydrogen-bond acceptors (Lipinski definition) is 3. The lowest BCUT2D eigenvalue weighted by molar-refractivity contribution is 0.191. The molecule has 3 nitrogen and oxygen atoms in total. The van der Waals surface area contributed by atoms with Crippen LogP contribution < -0.4 is 5.32 Å². The van der Waals surface area contributed by atoms with E-state index >= 15 is 0 Å². The molecule has 0 bridgehead atoms. The summed E-state index contributed by atoms with van der Waals surface area (Å²) in [5.41, 5.74) is 1.35. The van der Waals surface area contributed by atoms with Crippen molar-refractivity contribution in [3.63, 3.8) is 0 Å².